The molecule has 0 fully saturated rings. The van der Waals surface area contributed by atoms with Gasteiger partial charge in [-0.2, -0.15) is 12.6 Å². The van der Waals surface area contributed by atoms with Gasteiger partial charge in [0, 0.05) is 5.75 Å². The molecule has 0 bridgehead atoms. The number of rotatable bonds is 15. The van der Waals surface area contributed by atoms with Crippen LogP contribution in [-0.4, -0.2) is 77.0 Å². The Morgan fingerprint density at radius 2 is 1.47 bits per heavy atom. The normalized spacial score (nSPS) is 15.0. The molecule has 0 aromatic heterocycles. The summed E-state index contributed by atoms with van der Waals surface area (Å²) in [5.74, 6) is -3.31. The molecule has 9 N–H and O–H groups in total. The minimum absolute atomic E-state index is 0.119. The summed E-state index contributed by atoms with van der Waals surface area (Å²) in [6, 6.07) is -4.45. The van der Waals surface area contributed by atoms with Gasteiger partial charge in [0.25, 0.3) is 0 Å². The molecule has 0 rings (SSSR count). The second kappa shape index (κ2) is 15.0. The number of nitrogens with one attached hydrogen (secondary N) is 3. The molecule has 12 heteroatoms. The van der Waals surface area contributed by atoms with E-state index in [1.807, 2.05) is 13.8 Å². The largest absolute Gasteiger partial charge is 0.480 e. The van der Waals surface area contributed by atoms with Crippen molar-refractivity contribution in [2.45, 2.75) is 63.7 Å². The third-order valence-electron chi connectivity index (χ3n) is 4.25. The fourth-order valence-electron chi connectivity index (χ4n) is 2.58. The number of hydrogen-bond acceptors (Lipinski definition) is 8. The van der Waals surface area contributed by atoms with Crippen LogP contribution >= 0.6 is 12.6 Å². The highest BCUT2D eigenvalue weighted by Crippen LogP contribution is 2.04. The minimum Gasteiger partial charge on any atom is -0.480 e. The highest BCUT2D eigenvalue weighted by Gasteiger charge is 2.29. The summed E-state index contributed by atoms with van der Waals surface area (Å²) >= 11 is 4.02. The van der Waals surface area contributed by atoms with Crippen molar-refractivity contribution < 1.29 is 29.4 Å². The lowest BCUT2D eigenvalue weighted by Gasteiger charge is -2.23. The summed E-state index contributed by atoms with van der Waals surface area (Å²) in [6.07, 6.45) is 1.71. The number of unbranched alkanes of at least 4 members (excludes halogenated alkanes) is 1. The third kappa shape index (κ3) is 10.8. The van der Waals surface area contributed by atoms with E-state index in [4.69, 9.17) is 11.5 Å². The molecule has 4 atom stereocenters. The van der Waals surface area contributed by atoms with E-state index in [2.05, 4.69) is 28.6 Å². The number of thiol groups is 1. The quantitative estimate of drug-likeness (QED) is 0.103. The minimum atomic E-state index is -1.31. The molecule has 30 heavy (non-hydrogen) atoms. The number of aliphatic hydroxyl groups is 1. The predicted molar refractivity (Wildman–Crippen MR) is 115 cm³/mol. The number of aliphatic hydroxyl groups excluding tert-OH is 1. The molecule has 0 aliphatic heterocycles. The van der Waals surface area contributed by atoms with E-state index >= 15 is 0 Å². The van der Waals surface area contributed by atoms with Crippen molar-refractivity contribution in [2.24, 2.45) is 17.4 Å². The van der Waals surface area contributed by atoms with Crippen molar-refractivity contribution in [3.63, 3.8) is 0 Å². The van der Waals surface area contributed by atoms with Crippen molar-refractivity contribution in [3.8, 4) is 0 Å². The van der Waals surface area contributed by atoms with Crippen molar-refractivity contribution in [2.75, 3.05) is 18.9 Å². The first-order valence-electron chi connectivity index (χ1n) is 9.88. The zero-order chi connectivity index (χ0) is 23.3. The van der Waals surface area contributed by atoms with Crippen LogP contribution in [0.1, 0.15) is 39.5 Å². The standard InChI is InChI=1S/C18H35N5O6S/c1-10(2)7-11(20)15(25)22-13(8-24)16(26)23-14(9-30)17(27)21-12(18(28)29)5-3-4-6-19/h10-14,24,30H,3-9,19-20H2,1-2H3,(H,21,27)(H,22,25)(H,23,26)(H,28,29). The Morgan fingerprint density at radius 1 is 0.933 bits per heavy atom. The Morgan fingerprint density at radius 3 is 1.93 bits per heavy atom. The molecule has 0 aromatic rings. The molecular formula is C18H35N5O6S. The summed E-state index contributed by atoms with van der Waals surface area (Å²) in [5.41, 5.74) is 11.1. The second-order valence-corrected chi connectivity index (χ2v) is 7.77. The van der Waals surface area contributed by atoms with Gasteiger partial charge < -0.3 is 37.6 Å². The van der Waals surface area contributed by atoms with Gasteiger partial charge in [0.1, 0.15) is 18.1 Å². The molecule has 0 radical (unpaired) electrons. The summed E-state index contributed by atoms with van der Waals surface area (Å²) in [5, 5.41) is 25.8. The Hall–Kier alpha value is -1.89. The average Bonchev–Trinajstić information content (AvgIpc) is 2.68. The van der Waals surface area contributed by atoms with Gasteiger partial charge in [-0.1, -0.05) is 13.8 Å². The number of carboxylic acids is 1. The van der Waals surface area contributed by atoms with Gasteiger partial charge >= 0.3 is 5.97 Å². The third-order valence-corrected chi connectivity index (χ3v) is 4.62. The van der Waals surface area contributed by atoms with Gasteiger partial charge in [-0.05, 0) is 38.1 Å². The molecule has 0 aliphatic rings. The van der Waals surface area contributed by atoms with Crippen LogP contribution in [0.15, 0.2) is 0 Å². The van der Waals surface area contributed by atoms with E-state index in [1.54, 1.807) is 0 Å². The predicted octanol–water partition coefficient (Wildman–Crippen LogP) is -2.05. The number of carboxylic acid groups (broad SMARTS) is 1. The Kier molecular flexibility index (Phi) is 14.0. The van der Waals surface area contributed by atoms with Crippen LogP contribution in [0, 0.1) is 5.92 Å². The maximum Gasteiger partial charge on any atom is 0.326 e. The van der Waals surface area contributed by atoms with Crippen LogP contribution in [0.25, 0.3) is 0 Å². The summed E-state index contributed by atoms with van der Waals surface area (Å²) in [7, 11) is 0. The molecule has 0 aliphatic carbocycles. The number of hydrogen-bond donors (Lipinski definition) is 8. The number of amides is 3. The van der Waals surface area contributed by atoms with Gasteiger partial charge in [0.15, 0.2) is 0 Å². The zero-order valence-corrected chi connectivity index (χ0v) is 18.4. The lowest BCUT2D eigenvalue weighted by atomic mass is 10.0. The van der Waals surface area contributed by atoms with Crippen molar-refractivity contribution >= 4 is 36.3 Å². The van der Waals surface area contributed by atoms with Gasteiger partial charge in [-0.25, -0.2) is 4.79 Å². The van der Waals surface area contributed by atoms with E-state index < -0.39 is 54.5 Å². The summed E-state index contributed by atoms with van der Waals surface area (Å²) < 4.78 is 0. The molecule has 3 amide bonds. The molecule has 0 spiro atoms. The zero-order valence-electron chi connectivity index (χ0n) is 17.5. The molecule has 0 heterocycles. The Bertz CT molecular complexity index is 577. The summed E-state index contributed by atoms with van der Waals surface area (Å²) in [4.78, 5) is 48.2. The van der Waals surface area contributed by atoms with Crippen molar-refractivity contribution in [3.05, 3.63) is 0 Å². The lowest BCUT2D eigenvalue weighted by molar-refractivity contribution is -0.142. The fraction of sp³-hybridized carbons (Fsp3) is 0.778. The smallest absolute Gasteiger partial charge is 0.326 e. The SMILES string of the molecule is CC(C)CC(N)C(=O)NC(CO)C(=O)NC(CS)C(=O)NC(CCCCN)C(=O)O. The van der Waals surface area contributed by atoms with E-state index in [0.29, 0.717) is 25.8 Å². The number of carbonyl (C=O) groups is 4. The van der Waals surface area contributed by atoms with Crippen LogP contribution in [0.4, 0.5) is 0 Å². The van der Waals surface area contributed by atoms with Crippen LogP contribution in [0.2, 0.25) is 0 Å². The van der Waals surface area contributed by atoms with Crippen LogP contribution in [0.5, 0.6) is 0 Å². The van der Waals surface area contributed by atoms with E-state index in [0.717, 1.165) is 0 Å². The van der Waals surface area contributed by atoms with Crippen LogP contribution in [-0.2, 0) is 19.2 Å². The lowest BCUT2D eigenvalue weighted by Crippen LogP contribution is -2.58. The number of aliphatic carboxylic acids is 1. The highest BCUT2D eigenvalue weighted by atomic mass is 32.1. The maximum absolute atomic E-state index is 12.4. The second-order valence-electron chi connectivity index (χ2n) is 7.41. The monoisotopic (exact) mass is 449 g/mol. The summed E-state index contributed by atoms with van der Waals surface area (Å²) in [6.45, 7) is 3.48. The molecule has 0 saturated heterocycles. The van der Waals surface area contributed by atoms with Gasteiger partial charge in [0.05, 0.1) is 12.6 Å². The topological polar surface area (TPSA) is 197 Å². The molecule has 0 aromatic carbocycles. The first-order valence-corrected chi connectivity index (χ1v) is 10.5. The maximum atomic E-state index is 12.4. The fourth-order valence-corrected chi connectivity index (χ4v) is 2.83. The first kappa shape index (κ1) is 28.1. The van der Waals surface area contributed by atoms with Gasteiger partial charge in [-0.15, -0.1) is 0 Å². The van der Waals surface area contributed by atoms with E-state index in [9.17, 15) is 29.4 Å². The first-order chi connectivity index (χ1) is 14.1. The molecule has 4 unspecified atom stereocenters. The molecular weight excluding hydrogens is 414 g/mol. The molecule has 0 saturated carbocycles. The van der Waals surface area contributed by atoms with Crippen molar-refractivity contribution in [1.82, 2.24) is 16.0 Å². The van der Waals surface area contributed by atoms with E-state index in [-0.39, 0.29) is 18.1 Å². The van der Waals surface area contributed by atoms with E-state index in [1.165, 1.54) is 0 Å². The highest BCUT2D eigenvalue weighted by molar-refractivity contribution is 7.80. The number of nitrogens with two attached hydrogens (primary N) is 2. The van der Waals surface area contributed by atoms with Crippen molar-refractivity contribution in [1.29, 1.82) is 0 Å². The Balaban J connectivity index is 4.92. The molecule has 11 nitrogen and oxygen atoms in total. The number of carbonyl (C=O) groups excluding carboxylic acids is 3. The average molecular weight is 450 g/mol. The Labute approximate surface area is 182 Å². The van der Waals surface area contributed by atoms with Gasteiger partial charge in [0.2, 0.25) is 17.7 Å². The van der Waals surface area contributed by atoms with Gasteiger partial charge in [-0.3, -0.25) is 14.4 Å². The van der Waals surface area contributed by atoms with Crippen LogP contribution in [0.3, 0.4) is 0 Å². The van der Waals surface area contributed by atoms with Crippen LogP contribution < -0.4 is 27.4 Å². The molecule has 174 valence electrons.